The highest BCUT2D eigenvalue weighted by Gasteiger charge is 2.28. The molecule has 6 nitrogen and oxygen atoms in total. The summed E-state index contributed by atoms with van der Waals surface area (Å²) in [6, 6.07) is 11.7. The minimum Gasteiger partial charge on any atom is -0.494 e. The van der Waals surface area contributed by atoms with E-state index < -0.39 is 0 Å². The highest BCUT2D eigenvalue weighted by Crippen LogP contribution is 2.24. The Morgan fingerprint density at radius 1 is 1.17 bits per heavy atom. The van der Waals surface area contributed by atoms with Gasteiger partial charge in [0.05, 0.1) is 12.3 Å². The van der Waals surface area contributed by atoms with Gasteiger partial charge >= 0.3 is 0 Å². The highest BCUT2D eigenvalue weighted by atomic mass is 16.5. The van der Waals surface area contributed by atoms with Crippen LogP contribution in [-0.2, 0) is 6.42 Å². The van der Waals surface area contributed by atoms with E-state index in [0.29, 0.717) is 24.7 Å². The Bertz CT molecular complexity index is 983. The maximum atomic E-state index is 12.8. The van der Waals surface area contributed by atoms with Crippen molar-refractivity contribution in [2.45, 2.75) is 40.0 Å². The molecule has 0 radical (unpaired) electrons. The molecule has 0 saturated carbocycles. The van der Waals surface area contributed by atoms with E-state index >= 15 is 0 Å². The van der Waals surface area contributed by atoms with Crippen molar-refractivity contribution in [3.05, 3.63) is 70.5 Å². The first-order chi connectivity index (χ1) is 14.5. The van der Waals surface area contributed by atoms with Crippen molar-refractivity contribution in [3.8, 4) is 5.75 Å². The van der Waals surface area contributed by atoms with Gasteiger partial charge in [-0.05, 0) is 63.8 Å². The van der Waals surface area contributed by atoms with Gasteiger partial charge in [0.25, 0.3) is 5.91 Å². The number of ether oxygens (including phenoxy) is 1. The van der Waals surface area contributed by atoms with Crippen LogP contribution in [0.15, 0.2) is 45.3 Å². The van der Waals surface area contributed by atoms with Crippen LogP contribution in [-0.4, -0.2) is 35.7 Å². The lowest BCUT2D eigenvalue weighted by Crippen LogP contribution is -2.28. The Labute approximate surface area is 176 Å². The molecule has 1 saturated heterocycles. The third-order valence-corrected chi connectivity index (χ3v) is 5.79. The van der Waals surface area contributed by atoms with Crippen molar-refractivity contribution in [1.29, 1.82) is 0 Å². The van der Waals surface area contributed by atoms with E-state index in [0.717, 1.165) is 54.5 Å². The second-order valence-electron chi connectivity index (χ2n) is 8.10. The first-order valence-corrected chi connectivity index (χ1v) is 10.5. The van der Waals surface area contributed by atoms with Crippen LogP contribution in [0.3, 0.4) is 0 Å². The molecular weight excluding hydrogens is 380 g/mol. The number of carbonyl (C=O) groups excluding carboxylic acids is 1. The van der Waals surface area contributed by atoms with Gasteiger partial charge in [-0.15, -0.1) is 0 Å². The Kier molecular flexibility index (Phi) is 5.93. The number of hydrogen-bond acceptors (Lipinski definition) is 5. The maximum absolute atomic E-state index is 12.8. The minimum absolute atomic E-state index is 0.0398. The topological polar surface area (TPSA) is 68.7 Å². The Morgan fingerprint density at radius 3 is 2.70 bits per heavy atom. The summed E-state index contributed by atoms with van der Waals surface area (Å²) >= 11 is 0. The van der Waals surface area contributed by atoms with E-state index in [2.05, 4.69) is 24.2 Å². The molecule has 0 bridgehead atoms. The zero-order valence-corrected chi connectivity index (χ0v) is 17.8. The first-order valence-electron chi connectivity index (χ1n) is 10.5. The van der Waals surface area contributed by atoms with Gasteiger partial charge in [-0.25, -0.2) is 0 Å². The van der Waals surface area contributed by atoms with Gasteiger partial charge in [-0.1, -0.05) is 22.9 Å². The predicted octanol–water partition coefficient (Wildman–Crippen LogP) is 4.71. The molecule has 30 heavy (non-hydrogen) atoms. The maximum Gasteiger partial charge on any atom is 0.289 e. The number of nitrogens with zero attached hydrogens (tertiary/aromatic N) is 2. The summed E-state index contributed by atoms with van der Waals surface area (Å²) in [5, 5.41) is 3.97. The summed E-state index contributed by atoms with van der Waals surface area (Å²) in [4.78, 5) is 14.7. The minimum atomic E-state index is -0.0398. The zero-order chi connectivity index (χ0) is 21.1. The van der Waals surface area contributed by atoms with Gasteiger partial charge in [-0.3, -0.25) is 4.79 Å². The molecule has 4 rings (SSSR count). The van der Waals surface area contributed by atoms with Gasteiger partial charge in [0.1, 0.15) is 17.3 Å². The quantitative estimate of drug-likeness (QED) is 0.566. The van der Waals surface area contributed by atoms with Gasteiger partial charge < -0.3 is 18.6 Å². The fourth-order valence-electron chi connectivity index (χ4n) is 3.90. The van der Waals surface area contributed by atoms with Crippen molar-refractivity contribution < 1.29 is 18.5 Å². The number of likely N-dealkylation sites (tertiary alicyclic amines) is 1. The number of benzene rings is 1. The third-order valence-electron chi connectivity index (χ3n) is 5.79. The van der Waals surface area contributed by atoms with Crippen LogP contribution in [0, 0.1) is 26.7 Å². The van der Waals surface area contributed by atoms with Crippen molar-refractivity contribution in [2.24, 2.45) is 5.92 Å². The molecule has 0 N–H and O–H groups in total. The summed E-state index contributed by atoms with van der Waals surface area (Å²) in [7, 11) is 0. The normalized spacial score (nSPS) is 16.2. The molecule has 0 spiro atoms. The SMILES string of the molecule is Cc1ccc(OCCC2CCN(C(=O)c3ccc(Cc4c(C)noc4C)o3)C2)cc1. The van der Waals surface area contributed by atoms with Gasteiger partial charge in [0.15, 0.2) is 5.76 Å². The Morgan fingerprint density at radius 2 is 1.97 bits per heavy atom. The van der Waals surface area contributed by atoms with E-state index in [-0.39, 0.29) is 5.91 Å². The Hall–Kier alpha value is -3.02. The molecule has 1 atom stereocenters. The van der Waals surface area contributed by atoms with E-state index in [1.165, 1.54) is 5.56 Å². The summed E-state index contributed by atoms with van der Waals surface area (Å²) in [6.07, 6.45) is 2.51. The van der Waals surface area contributed by atoms with E-state index in [9.17, 15) is 4.79 Å². The predicted molar refractivity (Wildman–Crippen MR) is 113 cm³/mol. The van der Waals surface area contributed by atoms with Crippen molar-refractivity contribution in [3.63, 3.8) is 0 Å². The van der Waals surface area contributed by atoms with Crippen molar-refractivity contribution in [1.82, 2.24) is 10.1 Å². The first kappa shape index (κ1) is 20.3. The largest absolute Gasteiger partial charge is 0.494 e. The molecule has 0 aliphatic carbocycles. The molecule has 1 amide bonds. The molecule has 3 heterocycles. The van der Waals surface area contributed by atoms with Crippen LogP contribution in [0.2, 0.25) is 0 Å². The van der Waals surface area contributed by atoms with E-state index in [4.69, 9.17) is 13.7 Å². The number of furan rings is 1. The molecule has 2 aromatic heterocycles. The second-order valence-corrected chi connectivity index (χ2v) is 8.10. The fraction of sp³-hybridized carbons (Fsp3) is 0.417. The standard InChI is InChI=1S/C24H28N2O4/c1-16-4-6-20(7-5-16)28-13-11-19-10-12-26(15-19)24(27)23-9-8-21(29-23)14-22-17(2)25-30-18(22)3/h4-9,19H,10-15H2,1-3H3. The highest BCUT2D eigenvalue weighted by molar-refractivity contribution is 5.91. The number of rotatable bonds is 7. The van der Waals surface area contributed by atoms with E-state index in [1.54, 1.807) is 6.07 Å². The number of carbonyl (C=O) groups is 1. The third kappa shape index (κ3) is 4.58. The van der Waals surface area contributed by atoms with Crippen LogP contribution < -0.4 is 4.74 Å². The average molecular weight is 408 g/mol. The van der Waals surface area contributed by atoms with Crippen LogP contribution in [0.5, 0.6) is 5.75 Å². The fourth-order valence-corrected chi connectivity index (χ4v) is 3.90. The second kappa shape index (κ2) is 8.78. The molecule has 3 aromatic rings. The van der Waals surface area contributed by atoms with Crippen molar-refractivity contribution >= 4 is 5.91 Å². The zero-order valence-electron chi connectivity index (χ0n) is 17.8. The van der Waals surface area contributed by atoms with Gasteiger partial charge in [0, 0.05) is 25.1 Å². The molecule has 6 heteroatoms. The van der Waals surface area contributed by atoms with Crippen LogP contribution >= 0.6 is 0 Å². The molecule has 1 aromatic carbocycles. The van der Waals surface area contributed by atoms with Crippen molar-refractivity contribution in [2.75, 3.05) is 19.7 Å². The van der Waals surface area contributed by atoms with Crippen LogP contribution in [0.4, 0.5) is 0 Å². The smallest absolute Gasteiger partial charge is 0.289 e. The molecule has 1 fully saturated rings. The van der Waals surface area contributed by atoms with Crippen LogP contribution in [0.1, 0.15) is 51.7 Å². The van der Waals surface area contributed by atoms with Gasteiger partial charge in [-0.2, -0.15) is 0 Å². The lowest BCUT2D eigenvalue weighted by Gasteiger charge is -2.15. The van der Waals surface area contributed by atoms with Gasteiger partial charge in [0.2, 0.25) is 0 Å². The molecule has 1 unspecified atom stereocenters. The summed E-state index contributed by atoms with van der Waals surface area (Å²) in [6.45, 7) is 8.03. The molecule has 1 aliphatic rings. The Balaban J connectivity index is 1.27. The molecule has 158 valence electrons. The number of aryl methyl sites for hydroxylation is 3. The average Bonchev–Trinajstić information content (AvgIpc) is 3.47. The number of aromatic nitrogens is 1. The van der Waals surface area contributed by atoms with Crippen LogP contribution in [0.25, 0.3) is 0 Å². The summed E-state index contributed by atoms with van der Waals surface area (Å²) in [5.41, 5.74) is 3.09. The molecular formula is C24H28N2O4. The monoisotopic (exact) mass is 408 g/mol. The molecule has 1 aliphatic heterocycles. The lowest BCUT2D eigenvalue weighted by molar-refractivity contribution is 0.0752. The number of hydrogen-bond donors (Lipinski definition) is 0. The van der Waals surface area contributed by atoms with E-state index in [1.807, 2.05) is 36.9 Å². The summed E-state index contributed by atoms with van der Waals surface area (Å²) in [5.74, 6) is 3.24. The number of amides is 1. The summed E-state index contributed by atoms with van der Waals surface area (Å²) < 4.78 is 16.9. The lowest BCUT2D eigenvalue weighted by atomic mass is 10.1.